The van der Waals surface area contributed by atoms with Gasteiger partial charge in [-0.05, 0) is 12.8 Å². The van der Waals surface area contributed by atoms with Crippen LogP contribution in [0.3, 0.4) is 0 Å². The van der Waals surface area contributed by atoms with Gasteiger partial charge >= 0.3 is 5.63 Å². The minimum atomic E-state index is -0.447. The number of fused-ring (bicyclic) bond motifs is 1. The van der Waals surface area contributed by atoms with Crippen LogP contribution in [0, 0.1) is 24.2 Å². The highest BCUT2D eigenvalue weighted by Crippen LogP contribution is 2.42. The number of nitrogens with two attached hydrogens (primary N) is 1. The lowest BCUT2D eigenvalue weighted by molar-refractivity contribution is 0.330. The molecule has 1 aliphatic heterocycles. The van der Waals surface area contributed by atoms with E-state index in [1.807, 2.05) is 13.8 Å². The Labute approximate surface area is 117 Å². The molecule has 2 rings (SSSR count). The van der Waals surface area contributed by atoms with E-state index in [1.54, 1.807) is 13.0 Å². The van der Waals surface area contributed by atoms with Gasteiger partial charge in [0, 0.05) is 12.0 Å². The first kappa shape index (κ1) is 14.2. The van der Waals surface area contributed by atoms with Crippen LogP contribution in [-0.2, 0) is 0 Å². The van der Waals surface area contributed by atoms with Crippen molar-refractivity contribution in [2.45, 2.75) is 39.5 Å². The van der Waals surface area contributed by atoms with Crippen LogP contribution >= 0.6 is 0 Å². The molecule has 0 radical (unpaired) electrons. The van der Waals surface area contributed by atoms with Gasteiger partial charge in [-0.15, -0.1) is 0 Å². The Morgan fingerprint density at radius 3 is 2.65 bits per heavy atom. The van der Waals surface area contributed by atoms with E-state index in [2.05, 4.69) is 6.07 Å². The molecule has 0 bridgehead atoms. The van der Waals surface area contributed by atoms with E-state index in [9.17, 15) is 10.1 Å². The molecule has 0 saturated heterocycles. The molecule has 1 atom stereocenters. The molecule has 0 aliphatic carbocycles. The van der Waals surface area contributed by atoms with Gasteiger partial charge in [0.15, 0.2) is 0 Å². The highest BCUT2D eigenvalue weighted by molar-refractivity contribution is 5.49. The van der Waals surface area contributed by atoms with E-state index < -0.39 is 5.63 Å². The predicted molar refractivity (Wildman–Crippen MR) is 74.0 cm³/mol. The third-order valence-corrected chi connectivity index (χ3v) is 3.82. The van der Waals surface area contributed by atoms with Gasteiger partial charge in [-0.3, -0.25) is 0 Å². The van der Waals surface area contributed by atoms with Crippen LogP contribution in [0.4, 0.5) is 0 Å². The first-order chi connectivity index (χ1) is 9.53. The molecule has 1 aromatic heterocycles. The maximum atomic E-state index is 12.2. The van der Waals surface area contributed by atoms with Crippen molar-refractivity contribution in [1.82, 2.24) is 0 Å². The largest absolute Gasteiger partial charge is 0.440 e. The minimum absolute atomic E-state index is 0.0851. The molecule has 2 heterocycles. The fourth-order valence-corrected chi connectivity index (χ4v) is 2.79. The number of rotatable bonds is 3. The monoisotopic (exact) mass is 274 g/mol. The lowest BCUT2D eigenvalue weighted by atomic mass is 9.77. The maximum absolute atomic E-state index is 12.2. The summed E-state index contributed by atoms with van der Waals surface area (Å²) >= 11 is 0. The van der Waals surface area contributed by atoms with Crippen molar-refractivity contribution < 1.29 is 9.15 Å². The van der Waals surface area contributed by atoms with Crippen LogP contribution in [0.25, 0.3) is 0 Å². The van der Waals surface area contributed by atoms with Gasteiger partial charge in [0.05, 0.1) is 11.1 Å². The predicted octanol–water partition coefficient (Wildman–Crippen LogP) is 2.55. The number of allylic oxidation sites excluding steroid dienone is 1. The SMILES string of the molecule is CCC(CC)[C@@H]1C(C#N)=C(N)Oc2cc(C)oc(=O)c21. The molecule has 0 aromatic carbocycles. The number of hydrogen-bond acceptors (Lipinski definition) is 5. The first-order valence-electron chi connectivity index (χ1n) is 6.75. The Morgan fingerprint density at radius 1 is 1.45 bits per heavy atom. The van der Waals surface area contributed by atoms with Crippen LogP contribution in [0.1, 0.15) is 43.9 Å². The fourth-order valence-electron chi connectivity index (χ4n) is 2.79. The zero-order valence-corrected chi connectivity index (χ0v) is 11.9. The second-order valence-corrected chi connectivity index (χ2v) is 4.97. The summed E-state index contributed by atoms with van der Waals surface area (Å²) in [4.78, 5) is 12.2. The third kappa shape index (κ3) is 2.18. The Balaban J connectivity index is 2.70. The molecule has 0 spiro atoms. The maximum Gasteiger partial charge on any atom is 0.343 e. The van der Waals surface area contributed by atoms with E-state index in [1.165, 1.54) is 0 Å². The standard InChI is InChI=1S/C15H18N2O3/c1-4-9(5-2)12-10(7-16)14(17)20-11-6-8(3)19-15(18)13(11)12/h6,9,12H,4-5,17H2,1-3H3/t12-/m1/s1. The number of hydrogen-bond donors (Lipinski definition) is 1. The van der Waals surface area contributed by atoms with Gasteiger partial charge in [-0.1, -0.05) is 26.7 Å². The van der Waals surface area contributed by atoms with E-state index in [4.69, 9.17) is 14.9 Å². The summed E-state index contributed by atoms with van der Waals surface area (Å²) in [6.07, 6.45) is 1.68. The molecule has 5 heteroatoms. The van der Waals surface area contributed by atoms with Gasteiger partial charge in [0.2, 0.25) is 5.88 Å². The Hall–Kier alpha value is -2.22. The summed E-state index contributed by atoms with van der Waals surface area (Å²) in [7, 11) is 0. The second kappa shape index (κ2) is 5.41. The summed E-state index contributed by atoms with van der Waals surface area (Å²) in [6, 6.07) is 3.73. The number of nitrogens with zero attached hydrogens (tertiary/aromatic N) is 1. The molecule has 0 fully saturated rings. The van der Waals surface area contributed by atoms with Crippen molar-refractivity contribution in [3.8, 4) is 11.8 Å². The van der Waals surface area contributed by atoms with Crippen molar-refractivity contribution in [2.24, 2.45) is 11.7 Å². The minimum Gasteiger partial charge on any atom is -0.440 e. The molecule has 1 aromatic rings. The smallest absolute Gasteiger partial charge is 0.343 e. The van der Waals surface area contributed by atoms with Crippen LogP contribution < -0.4 is 16.1 Å². The molecule has 106 valence electrons. The summed E-state index contributed by atoms with van der Waals surface area (Å²) in [5.74, 6) is 0.756. The molecular weight excluding hydrogens is 256 g/mol. The summed E-state index contributed by atoms with van der Waals surface area (Å²) < 4.78 is 10.6. The molecule has 0 saturated carbocycles. The highest BCUT2D eigenvalue weighted by atomic mass is 16.5. The van der Waals surface area contributed by atoms with E-state index >= 15 is 0 Å². The highest BCUT2D eigenvalue weighted by Gasteiger charge is 2.36. The Bertz CT molecular complexity index is 648. The van der Waals surface area contributed by atoms with Crippen LogP contribution in [0.2, 0.25) is 0 Å². The summed E-state index contributed by atoms with van der Waals surface area (Å²) in [5.41, 5.74) is 6.13. The molecule has 1 aliphatic rings. The average molecular weight is 274 g/mol. The summed E-state index contributed by atoms with van der Waals surface area (Å²) in [6.45, 7) is 5.74. The van der Waals surface area contributed by atoms with Gasteiger partial charge in [-0.25, -0.2) is 4.79 Å². The zero-order chi connectivity index (χ0) is 14.9. The number of nitriles is 1. The van der Waals surface area contributed by atoms with Gasteiger partial charge in [0.25, 0.3) is 0 Å². The third-order valence-electron chi connectivity index (χ3n) is 3.82. The van der Waals surface area contributed by atoms with Crippen molar-refractivity contribution in [3.05, 3.63) is 39.3 Å². The number of ether oxygens (including phenoxy) is 1. The van der Waals surface area contributed by atoms with Crippen LogP contribution in [0.5, 0.6) is 5.75 Å². The van der Waals surface area contributed by atoms with Crippen molar-refractivity contribution in [1.29, 1.82) is 5.26 Å². The zero-order valence-electron chi connectivity index (χ0n) is 11.9. The van der Waals surface area contributed by atoms with Gasteiger partial charge in [0.1, 0.15) is 17.6 Å². The van der Waals surface area contributed by atoms with Gasteiger partial charge in [-0.2, -0.15) is 5.26 Å². The van der Waals surface area contributed by atoms with Gasteiger partial charge < -0.3 is 14.9 Å². The molecule has 5 nitrogen and oxygen atoms in total. The first-order valence-corrected chi connectivity index (χ1v) is 6.75. The summed E-state index contributed by atoms with van der Waals surface area (Å²) in [5, 5.41) is 9.34. The molecular formula is C15H18N2O3. The number of aryl methyl sites for hydroxylation is 1. The molecule has 20 heavy (non-hydrogen) atoms. The van der Waals surface area contributed by atoms with Crippen LogP contribution in [0.15, 0.2) is 26.7 Å². The second-order valence-electron chi connectivity index (χ2n) is 4.97. The Morgan fingerprint density at radius 2 is 2.10 bits per heavy atom. The Kier molecular flexibility index (Phi) is 3.84. The lowest BCUT2D eigenvalue weighted by Crippen LogP contribution is -2.29. The van der Waals surface area contributed by atoms with E-state index in [0.717, 1.165) is 12.8 Å². The molecule has 0 unspecified atom stereocenters. The van der Waals surface area contributed by atoms with Crippen molar-refractivity contribution in [3.63, 3.8) is 0 Å². The van der Waals surface area contributed by atoms with E-state index in [-0.39, 0.29) is 17.7 Å². The van der Waals surface area contributed by atoms with Crippen LogP contribution in [-0.4, -0.2) is 0 Å². The van der Waals surface area contributed by atoms with Crippen molar-refractivity contribution >= 4 is 0 Å². The van der Waals surface area contributed by atoms with E-state index in [0.29, 0.717) is 22.6 Å². The van der Waals surface area contributed by atoms with Crippen molar-refractivity contribution in [2.75, 3.05) is 0 Å². The molecule has 0 amide bonds. The molecule has 2 N–H and O–H groups in total. The lowest BCUT2D eigenvalue weighted by Gasteiger charge is -2.30. The fraction of sp³-hybridized carbons (Fsp3) is 0.467. The topological polar surface area (TPSA) is 89.2 Å². The average Bonchev–Trinajstić information content (AvgIpc) is 2.39. The normalized spacial score (nSPS) is 17.6. The quantitative estimate of drug-likeness (QED) is 0.914.